The number of benzene rings is 2. The van der Waals surface area contributed by atoms with E-state index in [1.165, 1.54) is 0 Å². The van der Waals surface area contributed by atoms with Crippen LogP contribution in [0.2, 0.25) is 0 Å². The molecule has 1 fully saturated rings. The average molecular weight is 405 g/mol. The smallest absolute Gasteiger partial charge is 0.257 e. The fourth-order valence-electron chi connectivity index (χ4n) is 3.63. The van der Waals surface area contributed by atoms with Crippen molar-refractivity contribution in [2.24, 2.45) is 11.7 Å². The van der Waals surface area contributed by atoms with Crippen LogP contribution < -0.4 is 20.7 Å². The molecule has 0 aliphatic carbocycles. The lowest BCUT2D eigenvalue weighted by Crippen LogP contribution is -2.38. The molecule has 30 heavy (non-hydrogen) atoms. The van der Waals surface area contributed by atoms with Crippen LogP contribution in [0.1, 0.15) is 23.2 Å². The van der Waals surface area contributed by atoms with Gasteiger partial charge in [-0.15, -0.1) is 0 Å². The molecule has 1 saturated heterocycles. The zero-order valence-electron chi connectivity index (χ0n) is 16.7. The predicted molar refractivity (Wildman–Crippen MR) is 115 cm³/mol. The molecule has 8 heteroatoms. The number of methoxy groups -OCH3 is 1. The Morgan fingerprint density at radius 2 is 1.67 bits per heavy atom. The van der Waals surface area contributed by atoms with Crippen LogP contribution >= 0.6 is 0 Å². The van der Waals surface area contributed by atoms with Crippen LogP contribution in [-0.2, 0) is 4.79 Å². The maximum atomic E-state index is 12.7. The summed E-state index contributed by atoms with van der Waals surface area (Å²) in [5.41, 5.74) is 7.90. The number of piperidine rings is 1. The summed E-state index contributed by atoms with van der Waals surface area (Å²) in [6, 6.07) is 14.2. The van der Waals surface area contributed by atoms with Gasteiger partial charge in [0.2, 0.25) is 11.8 Å². The van der Waals surface area contributed by atoms with E-state index < -0.39 is 5.91 Å². The summed E-state index contributed by atoms with van der Waals surface area (Å²) in [5.74, 6) is 0.574. The van der Waals surface area contributed by atoms with E-state index >= 15 is 0 Å². The number of fused-ring (bicyclic) bond motifs is 1. The van der Waals surface area contributed by atoms with Crippen LogP contribution in [0.25, 0.3) is 11.0 Å². The van der Waals surface area contributed by atoms with Crippen LogP contribution in [0.15, 0.2) is 48.5 Å². The van der Waals surface area contributed by atoms with Gasteiger partial charge in [-0.3, -0.25) is 9.59 Å². The van der Waals surface area contributed by atoms with Crippen molar-refractivity contribution in [1.82, 2.24) is 9.97 Å². The first-order chi connectivity index (χ1) is 14.5. The topological polar surface area (TPSA) is 110 Å². The number of nitrogens with one attached hydrogen (secondary N) is 1. The number of anilines is 2. The molecule has 3 N–H and O–H groups in total. The van der Waals surface area contributed by atoms with E-state index in [0.29, 0.717) is 48.9 Å². The number of para-hydroxylation sites is 2. The Bertz CT molecular complexity index is 1080. The quantitative estimate of drug-likeness (QED) is 0.675. The third-order valence-electron chi connectivity index (χ3n) is 5.32. The van der Waals surface area contributed by atoms with Crippen LogP contribution in [0.3, 0.4) is 0 Å². The van der Waals surface area contributed by atoms with Crippen molar-refractivity contribution in [2.45, 2.75) is 12.8 Å². The van der Waals surface area contributed by atoms with Gasteiger partial charge >= 0.3 is 0 Å². The first kappa shape index (κ1) is 19.6. The van der Waals surface area contributed by atoms with E-state index in [1.54, 1.807) is 31.4 Å². The van der Waals surface area contributed by atoms with Gasteiger partial charge in [0.25, 0.3) is 5.88 Å². The van der Waals surface area contributed by atoms with Gasteiger partial charge in [0.15, 0.2) is 5.82 Å². The van der Waals surface area contributed by atoms with Crippen LogP contribution in [0, 0.1) is 5.92 Å². The highest BCUT2D eigenvalue weighted by molar-refractivity contribution is 5.95. The van der Waals surface area contributed by atoms with E-state index in [0.717, 1.165) is 11.0 Å². The molecule has 8 nitrogen and oxygen atoms in total. The number of hydrogen-bond acceptors (Lipinski definition) is 6. The summed E-state index contributed by atoms with van der Waals surface area (Å²) in [6.07, 6.45) is 1.39. The molecule has 0 atom stereocenters. The number of aromatic nitrogens is 2. The number of ether oxygens (including phenoxy) is 1. The van der Waals surface area contributed by atoms with Crippen LogP contribution in [0.4, 0.5) is 11.5 Å². The molecular formula is C22H23N5O3. The third kappa shape index (κ3) is 4.03. The molecule has 0 bridgehead atoms. The Morgan fingerprint density at radius 3 is 2.27 bits per heavy atom. The Labute approximate surface area is 174 Å². The first-order valence-electron chi connectivity index (χ1n) is 9.81. The molecule has 0 unspecified atom stereocenters. The Kier molecular flexibility index (Phi) is 5.47. The van der Waals surface area contributed by atoms with Crippen LogP contribution in [-0.4, -0.2) is 42.0 Å². The second-order valence-electron chi connectivity index (χ2n) is 7.24. The van der Waals surface area contributed by atoms with Gasteiger partial charge in [0.05, 0.1) is 18.1 Å². The van der Waals surface area contributed by atoms with Gasteiger partial charge in [-0.2, -0.15) is 0 Å². The lowest BCUT2D eigenvalue weighted by molar-refractivity contribution is -0.120. The molecular weight excluding hydrogens is 382 g/mol. The van der Waals surface area contributed by atoms with Crippen molar-refractivity contribution in [3.05, 3.63) is 54.1 Å². The first-order valence-corrected chi connectivity index (χ1v) is 9.81. The van der Waals surface area contributed by atoms with Gasteiger partial charge in [-0.25, -0.2) is 9.97 Å². The summed E-state index contributed by atoms with van der Waals surface area (Å²) >= 11 is 0. The molecule has 1 aliphatic rings. The molecule has 4 rings (SSSR count). The van der Waals surface area contributed by atoms with Crippen molar-refractivity contribution >= 4 is 34.4 Å². The van der Waals surface area contributed by atoms with Gasteiger partial charge < -0.3 is 20.7 Å². The van der Waals surface area contributed by atoms with Gasteiger partial charge in [-0.05, 0) is 49.2 Å². The number of carbonyl (C=O) groups is 2. The number of nitrogens with two attached hydrogens (primary N) is 1. The molecule has 2 heterocycles. The van der Waals surface area contributed by atoms with E-state index in [-0.39, 0.29) is 11.8 Å². The molecule has 3 aromatic rings. The lowest BCUT2D eigenvalue weighted by Gasteiger charge is -2.32. The Balaban J connectivity index is 1.41. The lowest BCUT2D eigenvalue weighted by atomic mass is 9.95. The van der Waals surface area contributed by atoms with Crippen molar-refractivity contribution in [2.75, 3.05) is 30.4 Å². The normalized spacial score (nSPS) is 14.5. The van der Waals surface area contributed by atoms with Gasteiger partial charge in [0.1, 0.15) is 0 Å². The number of carbonyl (C=O) groups excluding carboxylic acids is 2. The van der Waals surface area contributed by atoms with E-state index in [1.807, 2.05) is 24.3 Å². The second kappa shape index (κ2) is 8.36. The second-order valence-corrected chi connectivity index (χ2v) is 7.24. The minimum atomic E-state index is -0.493. The van der Waals surface area contributed by atoms with Crippen molar-refractivity contribution in [3.63, 3.8) is 0 Å². The van der Waals surface area contributed by atoms with Gasteiger partial charge in [-0.1, -0.05) is 12.1 Å². The highest BCUT2D eigenvalue weighted by Gasteiger charge is 2.27. The Morgan fingerprint density at radius 1 is 1.03 bits per heavy atom. The number of rotatable bonds is 5. The number of primary amides is 1. The number of amides is 2. The SMILES string of the molecule is COc1nc2ccccc2nc1N1CCC(C(=O)Nc2ccc(C(N)=O)cc2)CC1. The van der Waals surface area contributed by atoms with E-state index in [4.69, 9.17) is 15.5 Å². The van der Waals surface area contributed by atoms with Crippen molar-refractivity contribution < 1.29 is 14.3 Å². The predicted octanol–water partition coefficient (Wildman–Crippen LogP) is 2.59. The minimum absolute atomic E-state index is 0.0296. The molecule has 0 spiro atoms. The maximum absolute atomic E-state index is 12.7. The maximum Gasteiger partial charge on any atom is 0.257 e. The largest absolute Gasteiger partial charge is 0.478 e. The van der Waals surface area contributed by atoms with Crippen molar-refractivity contribution in [3.8, 4) is 5.88 Å². The monoisotopic (exact) mass is 405 g/mol. The Hall–Kier alpha value is -3.68. The van der Waals surface area contributed by atoms with Gasteiger partial charge in [0, 0.05) is 30.3 Å². The summed E-state index contributed by atoms with van der Waals surface area (Å²) in [7, 11) is 1.59. The third-order valence-corrected chi connectivity index (χ3v) is 5.32. The van der Waals surface area contributed by atoms with Crippen molar-refractivity contribution in [1.29, 1.82) is 0 Å². The zero-order valence-corrected chi connectivity index (χ0v) is 16.7. The zero-order chi connectivity index (χ0) is 21.1. The summed E-state index contributed by atoms with van der Waals surface area (Å²) in [5, 5.41) is 2.92. The highest BCUT2D eigenvalue weighted by atomic mass is 16.5. The molecule has 2 amide bonds. The highest BCUT2D eigenvalue weighted by Crippen LogP contribution is 2.30. The molecule has 0 saturated carbocycles. The molecule has 1 aliphatic heterocycles. The summed E-state index contributed by atoms with van der Waals surface area (Å²) in [4.78, 5) is 35.2. The number of nitrogens with zero attached hydrogens (tertiary/aromatic N) is 3. The fraction of sp³-hybridized carbons (Fsp3) is 0.273. The standard InChI is InChI=1S/C22H23N5O3/c1-30-22-20(25-17-4-2-3-5-18(17)26-22)27-12-10-15(11-13-27)21(29)24-16-8-6-14(7-9-16)19(23)28/h2-9,15H,10-13H2,1H3,(H2,23,28)(H,24,29). The number of hydrogen-bond donors (Lipinski definition) is 2. The minimum Gasteiger partial charge on any atom is -0.478 e. The summed E-state index contributed by atoms with van der Waals surface area (Å²) in [6.45, 7) is 1.37. The molecule has 1 aromatic heterocycles. The van der Waals surface area contributed by atoms with E-state index in [9.17, 15) is 9.59 Å². The molecule has 2 aromatic carbocycles. The summed E-state index contributed by atoms with van der Waals surface area (Å²) < 4.78 is 5.46. The van der Waals surface area contributed by atoms with E-state index in [2.05, 4.69) is 15.2 Å². The molecule has 154 valence electrons. The average Bonchev–Trinajstić information content (AvgIpc) is 2.78. The van der Waals surface area contributed by atoms with Crippen LogP contribution in [0.5, 0.6) is 5.88 Å². The molecule has 0 radical (unpaired) electrons. The fourth-order valence-corrected chi connectivity index (χ4v) is 3.63.